The first-order valence-electron chi connectivity index (χ1n) is 7.24. The summed E-state index contributed by atoms with van der Waals surface area (Å²) in [6.45, 7) is 12.7. The van der Waals surface area contributed by atoms with Gasteiger partial charge in [-0.1, -0.05) is 31.6 Å². The van der Waals surface area contributed by atoms with E-state index in [1.54, 1.807) is 0 Å². The van der Waals surface area contributed by atoms with Crippen molar-refractivity contribution in [2.75, 3.05) is 20.1 Å². The molecule has 0 fully saturated rings. The molecule has 0 spiro atoms. The molecule has 0 aliphatic rings. The molecule has 0 heterocycles. The first-order valence-corrected chi connectivity index (χ1v) is 7.24. The fourth-order valence-corrected chi connectivity index (χ4v) is 1.91. The van der Waals surface area contributed by atoms with E-state index in [0.29, 0.717) is 5.92 Å². The molecule has 0 aromatic rings. The third-order valence-corrected chi connectivity index (χ3v) is 3.84. The summed E-state index contributed by atoms with van der Waals surface area (Å²) in [7, 11) is 2.15. The first kappa shape index (κ1) is 17.2. The average molecular weight is 252 g/mol. The van der Waals surface area contributed by atoms with Crippen molar-refractivity contribution in [3.63, 3.8) is 0 Å². The van der Waals surface area contributed by atoms with Crippen LogP contribution in [0.4, 0.5) is 0 Å². The predicted octanol–water partition coefficient (Wildman–Crippen LogP) is 3.94. The van der Waals surface area contributed by atoms with Crippen LogP contribution in [-0.4, -0.2) is 25.0 Å². The summed E-state index contributed by atoms with van der Waals surface area (Å²) in [5.41, 5.74) is 8.23. The zero-order valence-electron chi connectivity index (χ0n) is 12.8. The van der Waals surface area contributed by atoms with E-state index in [2.05, 4.69) is 45.4 Å². The Morgan fingerprint density at radius 1 is 1.33 bits per heavy atom. The third kappa shape index (κ3) is 7.54. The highest BCUT2D eigenvalue weighted by Crippen LogP contribution is 2.19. The smallest absolute Gasteiger partial charge is 0.0171 e. The minimum Gasteiger partial charge on any atom is -0.378 e. The normalized spacial score (nSPS) is 13.5. The molecule has 0 aliphatic heterocycles. The Hall–Kier alpha value is -0.760. The monoisotopic (exact) mass is 252 g/mol. The fourth-order valence-electron chi connectivity index (χ4n) is 1.91. The Morgan fingerprint density at radius 2 is 2.00 bits per heavy atom. The summed E-state index contributed by atoms with van der Waals surface area (Å²) in [5, 5.41) is 0. The lowest BCUT2D eigenvalue weighted by molar-refractivity contribution is 0.379. The highest BCUT2D eigenvalue weighted by Gasteiger charge is 2.07. The Morgan fingerprint density at radius 3 is 2.56 bits per heavy atom. The van der Waals surface area contributed by atoms with Gasteiger partial charge in [0.05, 0.1) is 0 Å². The van der Waals surface area contributed by atoms with Crippen LogP contribution in [0.25, 0.3) is 0 Å². The van der Waals surface area contributed by atoms with E-state index in [4.69, 9.17) is 5.73 Å². The molecule has 2 heteroatoms. The van der Waals surface area contributed by atoms with Gasteiger partial charge < -0.3 is 10.6 Å². The van der Waals surface area contributed by atoms with E-state index in [9.17, 15) is 0 Å². The van der Waals surface area contributed by atoms with Crippen LogP contribution in [0, 0.1) is 5.92 Å². The predicted molar refractivity (Wildman–Crippen MR) is 82.5 cm³/mol. The van der Waals surface area contributed by atoms with Crippen LogP contribution in [0.15, 0.2) is 23.9 Å². The number of rotatable bonds is 10. The molecule has 0 amide bonds. The zero-order valence-corrected chi connectivity index (χ0v) is 12.8. The number of nitrogens with two attached hydrogens (primary N) is 1. The molecular formula is C16H32N2. The van der Waals surface area contributed by atoms with Gasteiger partial charge in [0.25, 0.3) is 0 Å². The molecule has 1 unspecified atom stereocenters. The van der Waals surface area contributed by atoms with Crippen LogP contribution in [-0.2, 0) is 0 Å². The summed E-state index contributed by atoms with van der Waals surface area (Å²) in [6.07, 6.45) is 8.09. The van der Waals surface area contributed by atoms with Crippen molar-refractivity contribution in [2.45, 2.75) is 52.9 Å². The number of hydrogen-bond donors (Lipinski definition) is 1. The molecule has 0 radical (unpaired) electrons. The lowest BCUT2D eigenvalue weighted by Gasteiger charge is -2.23. The lowest BCUT2D eigenvalue weighted by atomic mass is 9.96. The minimum absolute atomic E-state index is 0.664. The molecule has 2 N–H and O–H groups in total. The average Bonchev–Trinajstić information content (AvgIpc) is 2.39. The topological polar surface area (TPSA) is 29.3 Å². The number of hydrogen-bond acceptors (Lipinski definition) is 2. The Labute approximate surface area is 114 Å². The summed E-state index contributed by atoms with van der Waals surface area (Å²) in [5.74, 6) is 0.664. The van der Waals surface area contributed by atoms with Gasteiger partial charge in [-0.2, -0.15) is 0 Å². The molecule has 0 bridgehead atoms. The molecule has 0 saturated heterocycles. The van der Waals surface area contributed by atoms with Crippen molar-refractivity contribution in [3.8, 4) is 0 Å². The van der Waals surface area contributed by atoms with Gasteiger partial charge in [-0.15, -0.1) is 0 Å². The number of allylic oxidation sites excluding steroid dienone is 3. The highest BCUT2D eigenvalue weighted by molar-refractivity contribution is 5.02. The van der Waals surface area contributed by atoms with Gasteiger partial charge in [0.1, 0.15) is 0 Å². The summed E-state index contributed by atoms with van der Waals surface area (Å²) >= 11 is 0. The van der Waals surface area contributed by atoms with Crippen molar-refractivity contribution in [2.24, 2.45) is 11.7 Å². The zero-order chi connectivity index (χ0) is 14.0. The van der Waals surface area contributed by atoms with Gasteiger partial charge in [0.2, 0.25) is 0 Å². The molecule has 1 atom stereocenters. The van der Waals surface area contributed by atoms with Crippen molar-refractivity contribution in [1.82, 2.24) is 4.90 Å². The molecule has 0 aromatic heterocycles. The van der Waals surface area contributed by atoms with E-state index >= 15 is 0 Å². The van der Waals surface area contributed by atoms with Crippen molar-refractivity contribution in [1.29, 1.82) is 0 Å². The quantitative estimate of drug-likeness (QED) is 0.471. The van der Waals surface area contributed by atoms with Gasteiger partial charge >= 0.3 is 0 Å². The SMILES string of the molecule is C=C(CCC(C)C(C)=CC)N(C)CCCCCN. The Balaban J connectivity index is 3.80. The molecule has 0 aliphatic carbocycles. The minimum atomic E-state index is 0.664. The second-order valence-electron chi connectivity index (χ2n) is 5.31. The molecular weight excluding hydrogens is 220 g/mol. The van der Waals surface area contributed by atoms with Crippen LogP contribution in [0.1, 0.15) is 52.9 Å². The van der Waals surface area contributed by atoms with E-state index in [1.807, 2.05) is 0 Å². The van der Waals surface area contributed by atoms with Crippen LogP contribution in [0.3, 0.4) is 0 Å². The fraction of sp³-hybridized carbons (Fsp3) is 0.750. The van der Waals surface area contributed by atoms with Gasteiger partial charge in [0, 0.05) is 19.3 Å². The van der Waals surface area contributed by atoms with Crippen molar-refractivity contribution >= 4 is 0 Å². The molecule has 2 nitrogen and oxygen atoms in total. The van der Waals surface area contributed by atoms with Gasteiger partial charge in [-0.25, -0.2) is 0 Å². The molecule has 0 aromatic carbocycles. The lowest BCUT2D eigenvalue weighted by Crippen LogP contribution is -2.19. The van der Waals surface area contributed by atoms with Crippen LogP contribution in [0.2, 0.25) is 0 Å². The third-order valence-electron chi connectivity index (χ3n) is 3.84. The van der Waals surface area contributed by atoms with E-state index in [-0.39, 0.29) is 0 Å². The van der Waals surface area contributed by atoms with Crippen molar-refractivity contribution in [3.05, 3.63) is 23.9 Å². The van der Waals surface area contributed by atoms with Crippen LogP contribution in [0.5, 0.6) is 0 Å². The number of nitrogens with zero attached hydrogens (tertiary/aromatic N) is 1. The Bertz CT molecular complexity index is 256. The maximum absolute atomic E-state index is 5.49. The number of unbranched alkanes of at least 4 members (excludes halogenated alkanes) is 2. The van der Waals surface area contributed by atoms with Crippen molar-refractivity contribution < 1.29 is 0 Å². The molecule has 0 saturated carbocycles. The van der Waals surface area contributed by atoms with E-state index < -0.39 is 0 Å². The maximum Gasteiger partial charge on any atom is 0.0171 e. The van der Waals surface area contributed by atoms with Crippen LogP contribution < -0.4 is 5.73 Å². The van der Waals surface area contributed by atoms with E-state index in [0.717, 1.165) is 25.9 Å². The summed E-state index contributed by atoms with van der Waals surface area (Å²) < 4.78 is 0. The molecule has 106 valence electrons. The first-order chi connectivity index (χ1) is 8.52. The Kier molecular flexibility index (Phi) is 9.76. The second kappa shape index (κ2) is 10.2. The largest absolute Gasteiger partial charge is 0.378 e. The molecule has 18 heavy (non-hydrogen) atoms. The molecule has 0 rings (SSSR count). The second-order valence-corrected chi connectivity index (χ2v) is 5.31. The van der Waals surface area contributed by atoms with Gasteiger partial charge in [0.15, 0.2) is 0 Å². The summed E-state index contributed by atoms with van der Waals surface area (Å²) in [6, 6.07) is 0. The summed E-state index contributed by atoms with van der Waals surface area (Å²) in [4.78, 5) is 2.30. The van der Waals surface area contributed by atoms with Gasteiger partial charge in [-0.05, 0) is 52.0 Å². The standard InChI is InChI=1S/C16H32N2/c1-6-14(2)15(3)10-11-16(4)18(5)13-9-7-8-12-17/h6,15H,4,7-13,17H2,1-3,5H3. The maximum atomic E-state index is 5.49. The van der Waals surface area contributed by atoms with E-state index in [1.165, 1.54) is 30.5 Å². The highest BCUT2D eigenvalue weighted by atomic mass is 15.1. The van der Waals surface area contributed by atoms with Crippen LogP contribution >= 0.6 is 0 Å². The van der Waals surface area contributed by atoms with Gasteiger partial charge in [-0.3, -0.25) is 0 Å².